The molecule has 5 heteroatoms. The Bertz CT molecular complexity index is 491. The van der Waals surface area contributed by atoms with Crippen molar-refractivity contribution < 1.29 is 14.7 Å². The summed E-state index contributed by atoms with van der Waals surface area (Å²) < 4.78 is 0. The van der Waals surface area contributed by atoms with Crippen molar-refractivity contribution >= 4 is 28.8 Å². The molecule has 0 radical (unpaired) electrons. The smallest absolute Gasteiger partial charge is 0.350 e. The van der Waals surface area contributed by atoms with Crippen LogP contribution >= 0.6 is 0 Å². The molecular weight excluding hydrogens is 196 g/mol. The van der Waals surface area contributed by atoms with Crippen molar-refractivity contribution in [3.63, 3.8) is 0 Å². The van der Waals surface area contributed by atoms with Crippen LogP contribution < -0.4 is 5.73 Å². The van der Waals surface area contributed by atoms with Crippen molar-refractivity contribution in [1.82, 2.24) is 0 Å². The van der Waals surface area contributed by atoms with Gasteiger partial charge in [0, 0.05) is 11.3 Å². The van der Waals surface area contributed by atoms with Crippen LogP contribution in [-0.2, 0) is 4.79 Å². The van der Waals surface area contributed by atoms with E-state index in [2.05, 4.69) is 4.99 Å². The van der Waals surface area contributed by atoms with E-state index in [9.17, 15) is 9.59 Å². The summed E-state index contributed by atoms with van der Waals surface area (Å²) in [6.07, 6.45) is -0.160. The maximum Gasteiger partial charge on any atom is 0.350 e. The average molecular weight is 204 g/mol. The van der Waals surface area contributed by atoms with Crippen LogP contribution in [0.5, 0.6) is 0 Å². The third-order valence-electron chi connectivity index (χ3n) is 2.15. The fourth-order valence-corrected chi connectivity index (χ4v) is 1.43. The lowest BCUT2D eigenvalue weighted by Crippen LogP contribution is -2.21. The number of nitrogens with zero attached hydrogens (tertiary/aromatic N) is 1. The number of rotatable bonds is 1. The SMILES string of the molecule is Nc1ccc2c(c1)N=C(C(=O)O)CC2=O. The van der Waals surface area contributed by atoms with Gasteiger partial charge in [-0.05, 0) is 18.2 Å². The van der Waals surface area contributed by atoms with Crippen LogP contribution in [-0.4, -0.2) is 22.6 Å². The van der Waals surface area contributed by atoms with Gasteiger partial charge in [-0.25, -0.2) is 9.79 Å². The summed E-state index contributed by atoms with van der Waals surface area (Å²) in [5.41, 5.74) is 6.60. The predicted molar refractivity (Wildman–Crippen MR) is 54.5 cm³/mol. The molecule has 0 spiro atoms. The summed E-state index contributed by atoms with van der Waals surface area (Å²) in [5.74, 6) is -1.41. The standard InChI is InChI=1S/C10H8N2O3/c11-5-1-2-6-7(3-5)12-8(10(14)15)4-9(6)13/h1-3H,4,11H2,(H,14,15). The quantitative estimate of drug-likeness (QED) is 0.667. The van der Waals surface area contributed by atoms with Gasteiger partial charge in [0.1, 0.15) is 5.71 Å². The first-order chi connectivity index (χ1) is 7.08. The van der Waals surface area contributed by atoms with Crippen LogP contribution in [0.15, 0.2) is 23.2 Å². The molecule has 3 N–H and O–H groups in total. The number of carbonyl (C=O) groups excluding carboxylic acids is 1. The average Bonchev–Trinajstić information content (AvgIpc) is 2.16. The molecule has 0 aliphatic carbocycles. The molecule has 0 saturated heterocycles. The van der Waals surface area contributed by atoms with E-state index in [-0.39, 0.29) is 17.9 Å². The molecule has 0 unspecified atom stereocenters. The van der Waals surface area contributed by atoms with E-state index in [1.54, 1.807) is 12.1 Å². The number of carbonyl (C=O) groups is 2. The van der Waals surface area contributed by atoms with Crippen molar-refractivity contribution in [3.05, 3.63) is 23.8 Å². The van der Waals surface area contributed by atoms with E-state index in [1.807, 2.05) is 0 Å². The Morgan fingerprint density at radius 2 is 2.20 bits per heavy atom. The van der Waals surface area contributed by atoms with Gasteiger partial charge in [-0.3, -0.25) is 4.79 Å². The number of ketones is 1. The van der Waals surface area contributed by atoms with Crippen LogP contribution in [0.2, 0.25) is 0 Å². The fourth-order valence-electron chi connectivity index (χ4n) is 1.43. The Morgan fingerprint density at radius 1 is 1.47 bits per heavy atom. The molecule has 1 aromatic rings. The van der Waals surface area contributed by atoms with E-state index in [4.69, 9.17) is 10.8 Å². The molecule has 5 nitrogen and oxygen atoms in total. The zero-order valence-corrected chi connectivity index (χ0v) is 7.73. The molecule has 0 aromatic heterocycles. The number of carboxylic acid groups (broad SMARTS) is 1. The minimum absolute atomic E-state index is 0.141. The Kier molecular flexibility index (Phi) is 2.00. The normalized spacial score (nSPS) is 14.4. The lowest BCUT2D eigenvalue weighted by molar-refractivity contribution is -0.129. The predicted octanol–water partition coefficient (Wildman–Crippen LogP) is 1.01. The second-order valence-electron chi connectivity index (χ2n) is 3.24. The first-order valence-corrected chi connectivity index (χ1v) is 4.31. The highest BCUT2D eigenvalue weighted by Gasteiger charge is 2.23. The highest BCUT2D eigenvalue weighted by molar-refractivity contribution is 6.42. The van der Waals surface area contributed by atoms with E-state index in [0.717, 1.165) is 0 Å². The Balaban J connectivity index is 2.58. The van der Waals surface area contributed by atoms with Crippen molar-refractivity contribution in [1.29, 1.82) is 0 Å². The Labute approximate surface area is 85.2 Å². The topological polar surface area (TPSA) is 92.8 Å². The highest BCUT2D eigenvalue weighted by atomic mass is 16.4. The van der Waals surface area contributed by atoms with E-state index < -0.39 is 5.97 Å². The molecule has 1 heterocycles. The van der Waals surface area contributed by atoms with Gasteiger partial charge in [0.25, 0.3) is 0 Å². The van der Waals surface area contributed by atoms with E-state index in [0.29, 0.717) is 16.9 Å². The van der Waals surface area contributed by atoms with Crippen molar-refractivity contribution in [2.45, 2.75) is 6.42 Å². The summed E-state index contributed by atoms with van der Waals surface area (Å²) >= 11 is 0. The summed E-state index contributed by atoms with van der Waals surface area (Å²) in [4.78, 5) is 26.1. The second-order valence-corrected chi connectivity index (χ2v) is 3.24. The van der Waals surface area contributed by atoms with Gasteiger partial charge in [-0.15, -0.1) is 0 Å². The molecule has 2 rings (SSSR count). The molecular formula is C10H8N2O3. The molecule has 1 aromatic carbocycles. The van der Waals surface area contributed by atoms with Crippen molar-refractivity contribution in [3.8, 4) is 0 Å². The van der Waals surface area contributed by atoms with Crippen LogP contribution in [0.4, 0.5) is 11.4 Å². The minimum Gasteiger partial charge on any atom is -0.477 e. The van der Waals surface area contributed by atoms with E-state index >= 15 is 0 Å². The maximum absolute atomic E-state index is 11.5. The van der Waals surface area contributed by atoms with Crippen LogP contribution in [0.1, 0.15) is 16.8 Å². The number of hydrogen-bond acceptors (Lipinski definition) is 4. The summed E-state index contributed by atoms with van der Waals surface area (Å²) in [6, 6.07) is 4.66. The number of hydrogen-bond donors (Lipinski definition) is 2. The van der Waals surface area contributed by atoms with Crippen molar-refractivity contribution in [2.24, 2.45) is 4.99 Å². The molecule has 0 atom stereocenters. The fraction of sp³-hybridized carbons (Fsp3) is 0.100. The first kappa shape index (κ1) is 9.39. The van der Waals surface area contributed by atoms with Crippen LogP contribution in [0, 0.1) is 0 Å². The number of benzene rings is 1. The van der Waals surface area contributed by atoms with Gasteiger partial charge >= 0.3 is 5.97 Å². The number of fused-ring (bicyclic) bond motifs is 1. The van der Waals surface area contributed by atoms with Crippen LogP contribution in [0.3, 0.4) is 0 Å². The number of carboxylic acids is 1. The number of anilines is 1. The molecule has 1 aliphatic rings. The molecule has 0 saturated carbocycles. The first-order valence-electron chi connectivity index (χ1n) is 4.31. The third kappa shape index (κ3) is 1.59. The third-order valence-corrected chi connectivity index (χ3v) is 2.15. The largest absolute Gasteiger partial charge is 0.477 e. The summed E-state index contributed by atoms with van der Waals surface area (Å²) in [7, 11) is 0. The molecule has 0 bridgehead atoms. The maximum atomic E-state index is 11.5. The Morgan fingerprint density at radius 3 is 2.87 bits per heavy atom. The van der Waals surface area contributed by atoms with Gasteiger partial charge in [0.2, 0.25) is 0 Å². The summed E-state index contributed by atoms with van der Waals surface area (Å²) in [5, 5.41) is 8.74. The zero-order valence-electron chi connectivity index (χ0n) is 7.73. The van der Waals surface area contributed by atoms with Gasteiger partial charge < -0.3 is 10.8 Å². The molecule has 15 heavy (non-hydrogen) atoms. The number of nitrogens with two attached hydrogens (primary N) is 1. The Hall–Kier alpha value is -2.17. The zero-order chi connectivity index (χ0) is 11.0. The second kappa shape index (κ2) is 3.20. The number of nitrogen functional groups attached to an aromatic ring is 1. The number of Topliss-reactive ketones (excluding diaryl/α,β-unsaturated/α-hetero) is 1. The minimum atomic E-state index is -1.17. The number of aliphatic carboxylic acids is 1. The number of aliphatic imine (C=N–C) groups is 1. The molecule has 0 amide bonds. The molecule has 1 aliphatic heterocycles. The molecule has 76 valence electrons. The van der Waals surface area contributed by atoms with Gasteiger partial charge in [0.15, 0.2) is 5.78 Å². The monoisotopic (exact) mass is 204 g/mol. The van der Waals surface area contributed by atoms with Gasteiger partial charge in [0.05, 0.1) is 12.1 Å². The molecule has 0 fully saturated rings. The lowest BCUT2D eigenvalue weighted by atomic mass is 10.00. The summed E-state index contributed by atoms with van der Waals surface area (Å²) in [6.45, 7) is 0. The van der Waals surface area contributed by atoms with Gasteiger partial charge in [-0.2, -0.15) is 0 Å². The van der Waals surface area contributed by atoms with E-state index in [1.165, 1.54) is 6.07 Å². The van der Waals surface area contributed by atoms with Crippen molar-refractivity contribution in [2.75, 3.05) is 5.73 Å². The van der Waals surface area contributed by atoms with Crippen LogP contribution in [0.25, 0.3) is 0 Å². The highest BCUT2D eigenvalue weighted by Crippen LogP contribution is 2.27. The lowest BCUT2D eigenvalue weighted by Gasteiger charge is -2.12. The van der Waals surface area contributed by atoms with Gasteiger partial charge in [-0.1, -0.05) is 0 Å².